The van der Waals surface area contributed by atoms with E-state index in [9.17, 15) is 8.42 Å². The van der Waals surface area contributed by atoms with E-state index in [-0.39, 0.29) is 17.0 Å². The number of nitrogens with zero attached hydrogens (tertiary/aromatic N) is 1. The summed E-state index contributed by atoms with van der Waals surface area (Å²) in [5.41, 5.74) is 2.07. The molecule has 0 saturated heterocycles. The predicted molar refractivity (Wildman–Crippen MR) is 89.5 cm³/mol. The molecule has 0 aliphatic carbocycles. The number of rotatable bonds is 6. The Balaban J connectivity index is 2.08. The van der Waals surface area contributed by atoms with Crippen LogP contribution in [-0.2, 0) is 10.0 Å². The van der Waals surface area contributed by atoms with E-state index in [0.717, 1.165) is 16.3 Å². The van der Waals surface area contributed by atoms with Crippen LogP contribution in [0.25, 0.3) is 0 Å². The Hall–Kier alpha value is -1.28. The molecule has 2 N–H and O–H groups in total. The minimum absolute atomic E-state index is 0.100. The van der Waals surface area contributed by atoms with Gasteiger partial charge in [-0.2, -0.15) is 0 Å². The van der Waals surface area contributed by atoms with Crippen LogP contribution < -0.4 is 10.0 Å². The Morgan fingerprint density at radius 2 is 1.77 bits per heavy atom. The highest BCUT2D eigenvalue weighted by molar-refractivity contribution is 7.89. The fourth-order valence-corrected chi connectivity index (χ4v) is 3.63. The maximum atomic E-state index is 11.7. The summed E-state index contributed by atoms with van der Waals surface area (Å²) in [5.74, 6) is 0. The minimum atomic E-state index is -3.38. The van der Waals surface area contributed by atoms with Crippen molar-refractivity contribution in [1.29, 1.82) is 0 Å². The van der Waals surface area contributed by atoms with Crippen molar-refractivity contribution in [2.24, 2.45) is 0 Å². The summed E-state index contributed by atoms with van der Waals surface area (Å²) in [5, 5.41) is 6.59. The number of benzene rings is 1. The first-order valence-electron chi connectivity index (χ1n) is 7.05. The molecular formula is C15H21N3O2S2. The van der Waals surface area contributed by atoms with Crippen LogP contribution in [0.3, 0.4) is 0 Å². The van der Waals surface area contributed by atoms with Crippen LogP contribution in [0, 0.1) is 6.92 Å². The van der Waals surface area contributed by atoms with Gasteiger partial charge in [0, 0.05) is 17.5 Å². The number of thiazole rings is 1. The van der Waals surface area contributed by atoms with Crippen LogP contribution in [0.5, 0.6) is 0 Å². The van der Waals surface area contributed by atoms with Crippen LogP contribution in [0.4, 0.5) is 0 Å². The smallest absolute Gasteiger partial charge is 0.240 e. The fraction of sp³-hybridized carbons (Fsp3) is 0.400. The van der Waals surface area contributed by atoms with E-state index in [0.29, 0.717) is 0 Å². The maximum absolute atomic E-state index is 11.7. The van der Waals surface area contributed by atoms with E-state index < -0.39 is 10.0 Å². The third kappa shape index (κ3) is 3.92. The number of nitrogens with one attached hydrogen (secondary N) is 2. The number of aryl methyl sites for hydroxylation is 1. The van der Waals surface area contributed by atoms with Gasteiger partial charge in [0.2, 0.25) is 10.0 Å². The Labute approximate surface area is 135 Å². The highest BCUT2D eigenvalue weighted by Gasteiger charge is 2.15. The van der Waals surface area contributed by atoms with Crippen LogP contribution in [0.2, 0.25) is 0 Å². The zero-order valence-electron chi connectivity index (χ0n) is 13.1. The SMILES string of the molecule is CNS(=O)(=O)c1ccc([C@H](C)N[C@H](C)c2csc(C)n2)cc1. The summed E-state index contributed by atoms with van der Waals surface area (Å²) in [7, 11) is -1.98. The maximum Gasteiger partial charge on any atom is 0.240 e. The van der Waals surface area contributed by atoms with Crippen molar-refractivity contribution < 1.29 is 8.42 Å². The van der Waals surface area contributed by atoms with Gasteiger partial charge in [0.05, 0.1) is 15.6 Å². The summed E-state index contributed by atoms with van der Waals surface area (Å²) < 4.78 is 25.7. The van der Waals surface area contributed by atoms with Crippen molar-refractivity contribution in [3.63, 3.8) is 0 Å². The average molecular weight is 339 g/mol. The molecule has 1 heterocycles. The normalized spacial score (nSPS) is 14.7. The van der Waals surface area contributed by atoms with Crippen molar-refractivity contribution in [2.75, 3.05) is 7.05 Å². The lowest BCUT2D eigenvalue weighted by atomic mass is 10.1. The molecule has 0 bridgehead atoms. The van der Waals surface area contributed by atoms with Crippen molar-refractivity contribution in [3.05, 3.63) is 45.9 Å². The summed E-state index contributed by atoms with van der Waals surface area (Å²) in [6, 6.07) is 7.15. The highest BCUT2D eigenvalue weighted by atomic mass is 32.2. The van der Waals surface area contributed by atoms with Gasteiger partial charge >= 0.3 is 0 Å². The van der Waals surface area contributed by atoms with E-state index in [1.807, 2.05) is 19.1 Å². The first-order valence-corrected chi connectivity index (χ1v) is 9.41. The quantitative estimate of drug-likeness (QED) is 0.849. The largest absolute Gasteiger partial charge is 0.302 e. The van der Waals surface area contributed by atoms with Crippen molar-refractivity contribution in [3.8, 4) is 0 Å². The molecule has 2 atom stereocenters. The average Bonchev–Trinajstić information content (AvgIpc) is 2.94. The van der Waals surface area contributed by atoms with Crippen molar-refractivity contribution >= 4 is 21.4 Å². The van der Waals surface area contributed by atoms with Crippen LogP contribution in [0.15, 0.2) is 34.5 Å². The molecule has 0 aliphatic rings. The lowest BCUT2D eigenvalue weighted by Gasteiger charge is -2.19. The van der Waals surface area contributed by atoms with Crippen LogP contribution >= 0.6 is 11.3 Å². The van der Waals surface area contributed by atoms with Crippen LogP contribution in [0.1, 0.15) is 42.2 Å². The van der Waals surface area contributed by atoms with Gasteiger partial charge in [0.25, 0.3) is 0 Å². The molecule has 0 fully saturated rings. The van der Waals surface area contributed by atoms with Gasteiger partial charge in [-0.05, 0) is 45.5 Å². The van der Waals surface area contributed by atoms with E-state index in [1.54, 1.807) is 23.5 Å². The van der Waals surface area contributed by atoms with E-state index in [4.69, 9.17) is 0 Å². The van der Waals surface area contributed by atoms with Crippen molar-refractivity contribution in [2.45, 2.75) is 37.8 Å². The molecule has 2 aromatic rings. The Morgan fingerprint density at radius 3 is 2.27 bits per heavy atom. The molecule has 2 rings (SSSR count). The summed E-state index contributed by atoms with van der Waals surface area (Å²) >= 11 is 1.64. The van der Waals surface area contributed by atoms with Gasteiger partial charge in [0.1, 0.15) is 0 Å². The monoisotopic (exact) mass is 339 g/mol. The molecule has 0 amide bonds. The van der Waals surface area contributed by atoms with Gasteiger partial charge in [-0.1, -0.05) is 12.1 Å². The molecule has 0 saturated carbocycles. The zero-order valence-corrected chi connectivity index (χ0v) is 14.8. The summed E-state index contributed by atoms with van der Waals surface area (Å²) in [6.45, 7) is 6.12. The van der Waals surface area contributed by atoms with Gasteiger partial charge < -0.3 is 5.32 Å². The topological polar surface area (TPSA) is 71.1 Å². The molecule has 5 nitrogen and oxygen atoms in total. The summed E-state index contributed by atoms with van der Waals surface area (Å²) in [4.78, 5) is 4.76. The second-order valence-corrected chi connectivity index (χ2v) is 8.13. The Morgan fingerprint density at radius 1 is 1.14 bits per heavy atom. The Bertz CT molecular complexity index is 724. The molecule has 7 heteroatoms. The standard InChI is InChI=1S/C15H21N3O2S2/c1-10(17-11(2)15-9-21-12(3)18-15)13-5-7-14(8-6-13)22(19,20)16-4/h5-11,16-17H,1-4H3/t10-,11+/m0/s1. The lowest BCUT2D eigenvalue weighted by molar-refractivity contribution is 0.487. The second kappa shape index (κ2) is 6.87. The molecular weight excluding hydrogens is 318 g/mol. The molecule has 1 aromatic carbocycles. The third-order valence-electron chi connectivity index (χ3n) is 3.54. The van der Waals surface area contributed by atoms with Crippen LogP contribution in [-0.4, -0.2) is 20.4 Å². The second-order valence-electron chi connectivity index (χ2n) is 5.18. The first-order chi connectivity index (χ1) is 10.3. The number of hydrogen-bond acceptors (Lipinski definition) is 5. The van der Waals surface area contributed by atoms with E-state index in [2.05, 4.69) is 34.3 Å². The molecule has 120 valence electrons. The van der Waals surface area contributed by atoms with Crippen molar-refractivity contribution in [1.82, 2.24) is 15.0 Å². The van der Waals surface area contributed by atoms with E-state index >= 15 is 0 Å². The fourth-order valence-electron chi connectivity index (χ4n) is 2.19. The molecule has 1 aromatic heterocycles. The first kappa shape index (κ1) is 17.1. The summed E-state index contributed by atoms with van der Waals surface area (Å²) in [6.07, 6.45) is 0. The lowest BCUT2D eigenvalue weighted by Crippen LogP contribution is -2.23. The zero-order chi connectivity index (χ0) is 16.3. The molecule has 0 radical (unpaired) electrons. The van der Waals surface area contributed by atoms with Gasteiger partial charge in [0.15, 0.2) is 0 Å². The number of hydrogen-bond donors (Lipinski definition) is 2. The van der Waals surface area contributed by atoms with Gasteiger partial charge in [-0.3, -0.25) is 0 Å². The van der Waals surface area contributed by atoms with Gasteiger partial charge in [-0.15, -0.1) is 11.3 Å². The number of aromatic nitrogens is 1. The molecule has 0 spiro atoms. The third-order valence-corrected chi connectivity index (χ3v) is 5.76. The molecule has 0 unspecified atom stereocenters. The highest BCUT2D eigenvalue weighted by Crippen LogP contribution is 2.21. The Kier molecular flexibility index (Phi) is 5.33. The molecule has 0 aliphatic heterocycles. The van der Waals surface area contributed by atoms with Gasteiger partial charge in [-0.25, -0.2) is 18.1 Å². The minimum Gasteiger partial charge on any atom is -0.302 e. The molecule has 22 heavy (non-hydrogen) atoms. The van der Waals surface area contributed by atoms with E-state index in [1.165, 1.54) is 7.05 Å². The predicted octanol–water partition coefficient (Wildman–Crippen LogP) is 2.77. The number of sulfonamides is 1.